The van der Waals surface area contributed by atoms with Crippen LogP contribution in [0.4, 0.5) is 20.7 Å². The largest absolute Gasteiger partial charge is 0.442 e. The monoisotopic (exact) mass is 458 g/mol. The summed E-state index contributed by atoms with van der Waals surface area (Å²) in [4.78, 5) is 17.6. The number of nitrogens with zero attached hydrogens (tertiary/aromatic N) is 3. The van der Waals surface area contributed by atoms with E-state index in [-0.39, 0.29) is 6.10 Å². The lowest BCUT2D eigenvalue weighted by Crippen LogP contribution is -2.27. The van der Waals surface area contributed by atoms with E-state index in [9.17, 15) is 9.18 Å². The normalized spacial score (nSPS) is 16.8. The molecule has 4 rings (SSSR count). The molecule has 0 aliphatic carbocycles. The quantitative estimate of drug-likeness (QED) is 0.583. The number of nitrogens with one attached hydrogen (secondary N) is 1. The van der Waals surface area contributed by atoms with Crippen LogP contribution < -0.4 is 10.2 Å². The van der Waals surface area contributed by atoms with Crippen LogP contribution in [-0.2, 0) is 4.74 Å². The van der Waals surface area contributed by atoms with Crippen molar-refractivity contribution in [2.24, 2.45) is 0 Å². The second-order valence-electron chi connectivity index (χ2n) is 6.32. The molecule has 0 unspecified atom stereocenters. The Morgan fingerprint density at radius 1 is 1.38 bits per heavy atom. The van der Waals surface area contributed by atoms with Crippen LogP contribution in [0, 0.1) is 5.82 Å². The first-order valence-corrected chi connectivity index (χ1v) is 9.59. The van der Waals surface area contributed by atoms with E-state index in [1.807, 2.05) is 6.07 Å². The number of carbonyl (C=O) groups excluding carboxylic acids is 1. The summed E-state index contributed by atoms with van der Waals surface area (Å²) in [6.45, 7) is 0.674. The lowest BCUT2D eigenvalue weighted by atomic mass is 10.1. The van der Waals surface area contributed by atoms with E-state index in [1.54, 1.807) is 42.7 Å². The van der Waals surface area contributed by atoms with E-state index in [2.05, 4.69) is 31.4 Å². The number of benzene rings is 1. The molecule has 2 aromatic heterocycles. The molecule has 29 heavy (non-hydrogen) atoms. The number of amides is 1. The van der Waals surface area contributed by atoms with E-state index in [0.717, 1.165) is 5.56 Å². The highest BCUT2D eigenvalue weighted by molar-refractivity contribution is 9.15. The topological polar surface area (TPSA) is 80.5 Å². The first-order valence-electron chi connectivity index (χ1n) is 8.80. The Bertz CT molecular complexity index is 1030. The third-order valence-corrected chi connectivity index (χ3v) is 5.02. The van der Waals surface area contributed by atoms with Crippen LogP contribution in [0.2, 0.25) is 0 Å². The fraction of sp³-hybridized carbons (Fsp3) is 0.150. The standard InChI is InChI=1S/C20H16BrFN4O3/c21-17(14-2-1-6-23-10-14)8-13-3-4-15(9-18(13)22)26-12-16(29-20(26)27)11-24-19-5-7-28-25-19/h1-10,16H,11-12H2,(H,24,25)/b17-8+/t16-/m0/s1. The number of anilines is 2. The fourth-order valence-electron chi connectivity index (χ4n) is 2.89. The lowest BCUT2D eigenvalue weighted by molar-refractivity contribution is 0.147. The average Bonchev–Trinajstić information content (AvgIpc) is 3.38. The summed E-state index contributed by atoms with van der Waals surface area (Å²) >= 11 is 3.44. The third-order valence-electron chi connectivity index (χ3n) is 4.34. The van der Waals surface area contributed by atoms with Gasteiger partial charge < -0.3 is 14.6 Å². The molecule has 148 valence electrons. The summed E-state index contributed by atoms with van der Waals surface area (Å²) in [5.41, 5.74) is 1.66. The summed E-state index contributed by atoms with van der Waals surface area (Å²) in [5.74, 6) is 0.112. The van der Waals surface area contributed by atoms with Gasteiger partial charge in [-0.05, 0) is 30.3 Å². The SMILES string of the molecule is O=C1O[C@@H](CNc2ccon2)CN1c1ccc(/C=C(/Br)c2cccnc2)c(F)c1. The number of hydrogen-bond donors (Lipinski definition) is 1. The minimum absolute atomic E-state index is 0.303. The summed E-state index contributed by atoms with van der Waals surface area (Å²) in [7, 11) is 0. The molecule has 1 N–H and O–H groups in total. The van der Waals surface area contributed by atoms with Crippen LogP contribution in [0.25, 0.3) is 10.6 Å². The molecule has 3 heterocycles. The smallest absolute Gasteiger partial charge is 0.414 e. The third kappa shape index (κ3) is 4.45. The van der Waals surface area contributed by atoms with E-state index < -0.39 is 11.9 Å². The average molecular weight is 459 g/mol. The highest BCUT2D eigenvalue weighted by Gasteiger charge is 2.32. The number of ether oxygens (including phenoxy) is 1. The zero-order valence-corrected chi connectivity index (χ0v) is 16.7. The van der Waals surface area contributed by atoms with Crippen LogP contribution >= 0.6 is 15.9 Å². The number of hydrogen-bond acceptors (Lipinski definition) is 6. The van der Waals surface area contributed by atoms with E-state index in [0.29, 0.717) is 34.6 Å². The Morgan fingerprint density at radius 2 is 2.28 bits per heavy atom. The maximum absolute atomic E-state index is 14.6. The Kier molecular flexibility index (Phi) is 5.57. The Balaban J connectivity index is 1.45. The predicted octanol–water partition coefficient (Wildman–Crippen LogP) is 4.54. The Hall–Kier alpha value is -3.20. The van der Waals surface area contributed by atoms with Gasteiger partial charge in [-0.1, -0.05) is 27.2 Å². The van der Waals surface area contributed by atoms with Gasteiger partial charge >= 0.3 is 6.09 Å². The number of pyridine rings is 1. The molecule has 1 saturated heterocycles. The van der Waals surface area contributed by atoms with Crippen molar-refractivity contribution >= 4 is 44.1 Å². The van der Waals surface area contributed by atoms with Crippen molar-refractivity contribution in [1.82, 2.24) is 10.1 Å². The molecule has 1 atom stereocenters. The highest BCUT2D eigenvalue weighted by Crippen LogP contribution is 2.28. The molecule has 1 aliphatic rings. The van der Waals surface area contributed by atoms with Gasteiger partial charge in [0.25, 0.3) is 0 Å². The van der Waals surface area contributed by atoms with Crippen molar-refractivity contribution in [2.75, 3.05) is 23.3 Å². The molecular formula is C20H16BrFN4O3. The van der Waals surface area contributed by atoms with E-state index in [1.165, 1.54) is 17.2 Å². The molecule has 0 spiro atoms. The molecule has 0 radical (unpaired) electrons. The van der Waals surface area contributed by atoms with Crippen molar-refractivity contribution in [3.63, 3.8) is 0 Å². The second kappa shape index (κ2) is 8.44. The number of carbonyl (C=O) groups is 1. The molecule has 1 fully saturated rings. The molecule has 1 aromatic carbocycles. The van der Waals surface area contributed by atoms with Gasteiger partial charge in [-0.2, -0.15) is 0 Å². The number of aromatic nitrogens is 2. The van der Waals surface area contributed by atoms with Crippen LogP contribution in [0.5, 0.6) is 0 Å². The number of rotatable bonds is 6. The zero-order valence-electron chi connectivity index (χ0n) is 15.1. The van der Waals surface area contributed by atoms with Gasteiger partial charge in [0.05, 0.1) is 18.8 Å². The maximum atomic E-state index is 14.6. The van der Waals surface area contributed by atoms with Gasteiger partial charge in [-0.3, -0.25) is 9.88 Å². The van der Waals surface area contributed by atoms with Crippen molar-refractivity contribution in [1.29, 1.82) is 0 Å². The first kappa shape index (κ1) is 19.1. The van der Waals surface area contributed by atoms with Crippen molar-refractivity contribution in [2.45, 2.75) is 6.10 Å². The lowest BCUT2D eigenvalue weighted by Gasteiger charge is -2.14. The minimum Gasteiger partial charge on any atom is -0.442 e. The summed E-state index contributed by atoms with van der Waals surface area (Å²) in [6, 6.07) is 9.97. The van der Waals surface area contributed by atoms with Crippen molar-refractivity contribution in [3.05, 3.63) is 72.0 Å². The summed E-state index contributed by atoms with van der Waals surface area (Å²) < 4.78 is 25.4. The molecule has 3 aromatic rings. The molecular weight excluding hydrogens is 443 g/mol. The molecule has 9 heteroatoms. The van der Waals surface area contributed by atoms with Crippen LogP contribution in [0.3, 0.4) is 0 Å². The van der Waals surface area contributed by atoms with Gasteiger partial charge in [0.15, 0.2) is 5.82 Å². The van der Waals surface area contributed by atoms with E-state index in [4.69, 9.17) is 9.26 Å². The predicted molar refractivity (Wildman–Crippen MR) is 110 cm³/mol. The molecule has 0 saturated carbocycles. The van der Waals surface area contributed by atoms with Gasteiger partial charge in [-0.25, -0.2) is 9.18 Å². The van der Waals surface area contributed by atoms with Crippen LogP contribution in [0.1, 0.15) is 11.1 Å². The van der Waals surface area contributed by atoms with E-state index >= 15 is 0 Å². The van der Waals surface area contributed by atoms with Gasteiger partial charge in [0.2, 0.25) is 0 Å². The van der Waals surface area contributed by atoms with Gasteiger partial charge in [0, 0.05) is 34.1 Å². The number of halogens is 2. The summed E-state index contributed by atoms with van der Waals surface area (Å²) in [5, 5.41) is 6.75. The fourth-order valence-corrected chi connectivity index (χ4v) is 3.37. The first-order chi connectivity index (χ1) is 14.1. The molecule has 0 bridgehead atoms. The minimum atomic E-state index is -0.517. The van der Waals surface area contributed by atoms with Gasteiger partial charge in [0.1, 0.15) is 18.2 Å². The van der Waals surface area contributed by atoms with Crippen molar-refractivity contribution in [3.8, 4) is 0 Å². The maximum Gasteiger partial charge on any atom is 0.414 e. The number of cyclic esters (lactones) is 1. The van der Waals surface area contributed by atoms with Crippen LogP contribution in [-0.4, -0.2) is 35.4 Å². The second-order valence-corrected chi connectivity index (χ2v) is 7.18. The molecule has 7 nitrogen and oxygen atoms in total. The highest BCUT2D eigenvalue weighted by atomic mass is 79.9. The van der Waals surface area contributed by atoms with Crippen molar-refractivity contribution < 1.29 is 18.4 Å². The molecule has 1 aliphatic heterocycles. The Morgan fingerprint density at radius 3 is 3.00 bits per heavy atom. The van der Waals surface area contributed by atoms with Crippen LogP contribution in [0.15, 0.2) is 59.6 Å². The zero-order chi connectivity index (χ0) is 20.2. The molecule has 1 amide bonds. The van der Waals surface area contributed by atoms with Gasteiger partial charge in [-0.15, -0.1) is 0 Å². The summed E-state index contributed by atoms with van der Waals surface area (Å²) in [6.07, 6.45) is 5.56. The Labute approximate surface area is 174 Å².